The normalized spacial score (nSPS) is 16.5. The summed E-state index contributed by atoms with van der Waals surface area (Å²) in [6, 6.07) is 4.71. The summed E-state index contributed by atoms with van der Waals surface area (Å²) >= 11 is 0. The highest BCUT2D eigenvalue weighted by atomic mass is 35.5. The van der Waals surface area contributed by atoms with Gasteiger partial charge in [-0.05, 0) is 56.8 Å². The van der Waals surface area contributed by atoms with Crippen molar-refractivity contribution in [2.45, 2.75) is 39.3 Å². The average Bonchev–Trinajstić information content (AvgIpc) is 2.55. The van der Waals surface area contributed by atoms with Gasteiger partial charge < -0.3 is 15.4 Å². The standard InChI is InChI=1S/C18H25F3N2O2.ClH/c1-12(14-6-8-22-9-7-14)10-17(24)23-15-4-3-5-16(13(15)2)25-11-18(19,20)21;/h3-5,12,14,22H,6-11H2,1-2H3,(H,23,24);1H. The second kappa shape index (κ2) is 10.0. The molecule has 1 aromatic rings. The zero-order valence-electron chi connectivity index (χ0n) is 15.0. The van der Waals surface area contributed by atoms with E-state index in [0.29, 0.717) is 23.6 Å². The number of carbonyl (C=O) groups excluding carboxylic acids is 1. The number of ether oxygens (including phenoxy) is 1. The maximum atomic E-state index is 12.3. The lowest BCUT2D eigenvalue weighted by Gasteiger charge is -2.28. The molecule has 1 aliphatic rings. The van der Waals surface area contributed by atoms with Crippen molar-refractivity contribution in [2.75, 3.05) is 25.0 Å². The minimum Gasteiger partial charge on any atom is -0.484 e. The fourth-order valence-corrected chi connectivity index (χ4v) is 3.14. The minimum absolute atomic E-state index is 0. The zero-order chi connectivity index (χ0) is 18.4. The molecule has 0 spiro atoms. The summed E-state index contributed by atoms with van der Waals surface area (Å²) in [5.41, 5.74) is 0.983. The van der Waals surface area contributed by atoms with Gasteiger partial charge in [0, 0.05) is 17.7 Å². The molecule has 1 atom stereocenters. The first-order valence-corrected chi connectivity index (χ1v) is 8.56. The van der Waals surface area contributed by atoms with Crippen molar-refractivity contribution in [3.8, 4) is 5.75 Å². The summed E-state index contributed by atoms with van der Waals surface area (Å²) in [4.78, 5) is 12.3. The summed E-state index contributed by atoms with van der Waals surface area (Å²) < 4.78 is 41.7. The minimum atomic E-state index is -4.39. The summed E-state index contributed by atoms with van der Waals surface area (Å²) in [6.07, 6.45) is -1.86. The molecule has 0 saturated carbocycles. The van der Waals surface area contributed by atoms with Crippen LogP contribution in [0.3, 0.4) is 0 Å². The van der Waals surface area contributed by atoms with Crippen molar-refractivity contribution < 1.29 is 22.7 Å². The Morgan fingerprint density at radius 1 is 1.35 bits per heavy atom. The Morgan fingerprint density at radius 2 is 2.00 bits per heavy atom. The van der Waals surface area contributed by atoms with Gasteiger partial charge in [0.1, 0.15) is 5.75 Å². The van der Waals surface area contributed by atoms with Crippen molar-refractivity contribution in [3.05, 3.63) is 23.8 Å². The lowest BCUT2D eigenvalue weighted by Crippen LogP contribution is -2.32. The van der Waals surface area contributed by atoms with Crippen LogP contribution < -0.4 is 15.4 Å². The highest BCUT2D eigenvalue weighted by Crippen LogP contribution is 2.29. The Bertz CT molecular complexity index is 590. The predicted octanol–water partition coefficient (Wildman–Crippen LogP) is 4.32. The highest BCUT2D eigenvalue weighted by molar-refractivity contribution is 5.92. The van der Waals surface area contributed by atoms with E-state index >= 15 is 0 Å². The first kappa shape index (κ1) is 22.6. The van der Waals surface area contributed by atoms with Crippen LogP contribution in [0.2, 0.25) is 0 Å². The first-order chi connectivity index (χ1) is 11.8. The van der Waals surface area contributed by atoms with Gasteiger partial charge in [-0.2, -0.15) is 13.2 Å². The zero-order valence-corrected chi connectivity index (χ0v) is 15.8. The molecule has 1 aliphatic heterocycles. The van der Waals surface area contributed by atoms with Gasteiger partial charge >= 0.3 is 6.18 Å². The van der Waals surface area contributed by atoms with E-state index in [2.05, 4.69) is 17.6 Å². The Morgan fingerprint density at radius 3 is 2.62 bits per heavy atom. The molecule has 1 aromatic carbocycles. The number of alkyl halides is 3. The molecule has 1 heterocycles. The van der Waals surface area contributed by atoms with Crippen LogP contribution >= 0.6 is 12.4 Å². The molecule has 0 radical (unpaired) electrons. The third kappa shape index (κ3) is 7.03. The van der Waals surface area contributed by atoms with Crippen LogP contribution in [0.1, 0.15) is 31.7 Å². The average molecular weight is 395 g/mol. The molecule has 148 valence electrons. The monoisotopic (exact) mass is 394 g/mol. The number of benzene rings is 1. The summed E-state index contributed by atoms with van der Waals surface area (Å²) in [7, 11) is 0. The van der Waals surface area contributed by atoms with Crippen molar-refractivity contribution in [1.82, 2.24) is 5.32 Å². The van der Waals surface area contributed by atoms with Gasteiger partial charge in [0.15, 0.2) is 6.61 Å². The van der Waals surface area contributed by atoms with Crippen LogP contribution in [0.25, 0.3) is 0 Å². The lowest BCUT2D eigenvalue weighted by molar-refractivity contribution is -0.153. The molecule has 0 aliphatic carbocycles. The van der Waals surface area contributed by atoms with Crippen molar-refractivity contribution in [1.29, 1.82) is 0 Å². The summed E-state index contributed by atoms with van der Waals surface area (Å²) in [5, 5.41) is 6.11. The van der Waals surface area contributed by atoms with E-state index in [4.69, 9.17) is 4.74 Å². The Balaban J connectivity index is 0.00000338. The summed E-state index contributed by atoms with van der Waals surface area (Å²) in [6.45, 7) is 4.32. The molecular weight excluding hydrogens is 369 g/mol. The predicted molar refractivity (Wildman–Crippen MR) is 98.0 cm³/mol. The molecule has 1 unspecified atom stereocenters. The van der Waals surface area contributed by atoms with Crippen LogP contribution in [-0.2, 0) is 4.79 Å². The van der Waals surface area contributed by atoms with E-state index in [9.17, 15) is 18.0 Å². The summed E-state index contributed by atoms with van der Waals surface area (Å²) in [5.74, 6) is 0.797. The smallest absolute Gasteiger partial charge is 0.422 e. The quantitative estimate of drug-likeness (QED) is 0.755. The van der Waals surface area contributed by atoms with Crippen molar-refractivity contribution in [2.24, 2.45) is 11.8 Å². The fraction of sp³-hybridized carbons (Fsp3) is 0.611. The number of amides is 1. The number of anilines is 1. The van der Waals surface area contributed by atoms with E-state index in [0.717, 1.165) is 25.9 Å². The van der Waals surface area contributed by atoms with Gasteiger partial charge in [-0.1, -0.05) is 13.0 Å². The maximum absolute atomic E-state index is 12.3. The third-order valence-electron chi connectivity index (χ3n) is 4.65. The van der Waals surface area contributed by atoms with Gasteiger partial charge in [0.2, 0.25) is 5.91 Å². The van der Waals surface area contributed by atoms with Gasteiger partial charge in [0.25, 0.3) is 0 Å². The number of nitrogens with one attached hydrogen (secondary N) is 2. The van der Waals surface area contributed by atoms with Gasteiger partial charge in [-0.25, -0.2) is 0 Å². The highest BCUT2D eigenvalue weighted by Gasteiger charge is 2.29. The second-order valence-electron chi connectivity index (χ2n) is 6.65. The van der Waals surface area contributed by atoms with Crippen LogP contribution in [0, 0.1) is 18.8 Å². The largest absolute Gasteiger partial charge is 0.484 e. The number of halogens is 4. The molecule has 2 N–H and O–H groups in total. The Kier molecular flexibility index (Phi) is 8.70. The molecule has 26 heavy (non-hydrogen) atoms. The van der Waals surface area contributed by atoms with E-state index in [1.165, 1.54) is 6.07 Å². The maximum Gasteiger partial charge on any atom is 0.422 e. The van der Waals surface area contributed by atoms with E-state index < -0.39 is 12.8 Å². The number of hydrogen-bond acceptors (Lipinski definition) is 3. The number of hydrogen-bond donors (Lipinski definition) is 2. The lowest BCUT2D eigenvalue weighted by atomic mass is 9.84. The third-order valence-corrected chi connectivity index (χ3v) is 4.65. The molecule has 1 saturated heterocycles. The second-order valence-corrected chi connectivity index (χ2v) is 6.65. The van der Waals surface area contributed by atoms with E-state index in [1.807, 2.05) is 0 Å². The van der Waals surface area contributed by atoms with Crippen LogP contribution in [0.15, 0.2) is 18.2 Å². The van der Waals surface area contributed by atoms with Crippen molar-refractivity contribution >= 4 is 24.0 Å². The molecule has 0 bridgehead atoms. The number of carbonyl (C=O) groups is 1. The van der Waals surface area contributed by atoms with Crippen molar-refractivity contribution in [3.63, 3.8) is 0 Å². The topological polar surface area (TPSA) is 50.4 Å². The molecule has 4 nitrogen and oxygen atoms in total. The molecule has 0 aromatic heterocycles. The van der Waals surface area contributed by atoms with E-state index in [1.54, 1.807) is 19.1 Å². The SMILES string of the molecule is Cc1c(NC(=O)CC(C)C2CCNCC2)cccc1OCC(F)(F)F.Cl. The van der Waals surface area contributed by atoms with Gasteiger partial charge in [0.05, 0.1) is 0 Å². The van der Waals surface area contributed by atoms with Crippen LogP contribution in [-0.4, -0.2) is 31.8 Å². The fourth-order valence-electron chi connectivity index (χ4n) is 3.14. The molecule has 1 fully saturated rings. The molecule has 2 rings (SSSR count). The van der Waals surface area contributed by atoms with Crippen LogP contribution in [0.4, 0.5) is 18.9 Å². The molecule has 8 heteroatoms. The first-order valence-electron chi connectivity index (χ1n) is 8.56. The Hall–Kier alpha value is -1.47. The Labute approximate surface area is 158 Å². The van der Waals surface area contributed by atoms with E-state index in [-0.39, 0.29) is 30.0 Å². The number of piperidine rings is 1. The van der Waals surface area contributed by atoms with Gasteiger partial charge in [-0.15, -0.1) is 12.4 Å². The molecular formula is C18H26ClF3N2O2. The van der Waals surface area contributed by atoms with Gasteiger partial charge in [-0.3, -0.25) is 4.79 Å². The molecule has 1 amide bonds. The van der Waals surface area contributed by atoms with Crippen LogP contribution in [0.5, 0.6) is 5.75 Å². The number of rotatable bonds is 6.